The number of hydrogen-bond donors (Lipinski definition) is 1. The van der Waals surface area contributed by atoms with E-state index in [1.54, 1.807) is 4.90 Å². The van der Waals surface area contributed by atoms with E-state index in [4.69, 9.17) is 41.2 Å². The molecular formula is C15H15Cl3N2O3S. The highest BCUT2D eigenvalue weighted by molar-refractivity contribution is 7.91. The van der Waals surface area contributed by atoms with Gasteiger partial charge in [-0.15, -0.1) is 6.42 Å². The van der Waals surface area contributed by atoms with Crippen molar-refractivity contribution in [3.05, 3.63) is 27.2 Å². The molecule has 1 aromatic rings. The highest BCUT2D eigenvalue weighted by atomic mass is 35.5. The zero-order chi connectivity index (χ0) is 17.9. The maximum Gasteiger partial charge on any atom is 0.238 e. The van der Waals surface area contributed by atoms with Crippen molar-refractivity contribution in [2.24, 2.45) is 0 Å². The minimum absolute atomic E-state index is 0.00438. The third-order valence-electron chi connectivity index (χ3n) is 3.64. The first-order valence-corrected chi connectivity index (χ1v) is 9.99. The lowest BCUT2D eigenvalue weighted by Gasteiger charge is -2.25. The van der Waals surface area contributed by atoms with Crippen molar-refractivity contribution in [3.63, 3.8) is 0 Å². The normalized spacial score (nSPS) is 19.2. The Balaban J connectivity index is 2.08. The standard InChI is InChI=1S/C15H15Cl3N2O3S/c1-2-4-20(11-3-5-24(22,23)9-11)8-14(21)19-15-12(17)6-10(16)7-13(15)18/h1,6-7,11H,3-5,8-9H2,(H,19,21). The fraction of sp³-hybridized carbons (Fsp3) is 0.400. The Hall–Kier alpha value is -0.970. The number of sulfone groups is 1. The Morgan fingerprint density at radius 1 is 1.33 bits per heavy atom. The van der Waals surface area contributed by atoms with E-state index < -0.39 is 9.84 Å². The van der Waals surface area contributed by atoms with Gasteiger partial charge in [0.25, 0.3) is 0 Å². The van der Waals surface area contributed by atoms with E-state index in [0.717, 1.165) is 0 Å². The van der Waals surface area contributed by atoms with Crippen molar-refractivity contribution in [1.29, 1.82) is 0 Å². The number of anilines is 1. The van der Waals surface area contributed by atoms with E-state index in [1.807, 2.05) is 0 Å². The van der Waals surface area contributed by atoms with Gasteiger partial charge in [-0.2, -0.15) is 0 Å². The monoisotopic (exact) mass is 408 g/mol. The fourth-order valence-corrected chi connectivity index (χ4v) is 5.19. The second-order valence-corrected chi connectivity index (χ2v) is 8.94. The molecule has 1 unspecified atom stereocenters. The highest BCUT2D eigenvalue weighted by Gasteiger charge is 2.32. The molecule has 1 fully saturated rings. The molecule has 1 N–H and O–H groups in total. The summed E-state index contributed by atoms with van der Waals surface area (Å²) in [7, 11) is -3.07. The SMILES string of the molecule is C#CCN(CC(=O)Nc1c(Cl)cc(Cl)cc1Cl)C1CCS(=O)(=O)C1. The zero-order valence-electron chi connectivity index (χ0n) is 12.6. The van der Waals surface area contributed by atoms with Gasteiger partial charge >= 0.3 is 0 Å². The molecule has 1 aliphatic heterocycles. The smallest absolute Gasteiger partial charge is 0.238 e. The molecular weight excluding hydrogens is 395 g/mol. The Kier molecular flexibility index (Phi) is 6.40. The molecule has 130 valence electrons. The maximum absolute atomic E-state index is 12.3. The lowest BCUT2D eigenvalue weighted by Crippen LogP contribution is -2.41. The lowest BCUT2D eigenvalue weighted by molar-refractivity contribution is -0.117. The van der Waals surface area contributed by atoms with Gasteiger partial charge in [0.1, 0.15) is 0 Å². The first-order chi connectivity index (χ1) is 11.2. The quantitative estimate of drug-likeness (QED) is 0.759. The summed E-state index contributed by atoms with van der Waals surface area (Å²) < 4.78 is 23.2. The van der Waals surface area contributed by atoms with Crippen LogP contribution in [0.4, 0.5) is 5.69 Å². The van der Waals surface area contributed by atoms with Crippen LogP contribution in [-0.2, 0) is 14.6 Å². The summed E-state index contributed by atoms with van der Waals surface area (Å²) in [6.07, 6.45) is 5.79. The Morgan fingerprint density at radius 3 is 2.46 bits per heavy atom. The summed E-state index contributed by atoms with van der Waals surface area (Å²) >= 11 is 17.9. The van der Waals surface area contributed by atoms with Crippen LogP contribution in [0, 0.1) is 12.3 Å². The lowest BCUT2D eigenvalue weighted by atomic mass is 10.2. The van der Waals surface area contributed by atoms with Gasteiger partial charge in [-0.25, -0.2) is 8.42 Å². The number of halogens is 3. The van der Waals surface area contributed by atoms with E-state index >= 15 is 0 Å². The topological polar surface area (TPSA) is 66.5 Å². The van der Waals surface area contributed by atoms with Crippen molar-refractivity contribution >= 4 is 56.2 Å². The average molecular weight is 410 g/mol. The van der Waals surface area contributed by atoms with Gasteiger partial charge in [-0.3, -0.25) is 9.69 Å². The van der Waals surface area contributed by atoms with Crippen LogP contribution in [-0.4, -0.2) is 49.9 Å². The molecule has 1 atom stereocenters. The number of benzene rings is 1. The number of terminal acetylenes is 1. The van der Waals surface area contributed by atoms with Crippen LogP contribution in [0.25, 0.3) is 0 Å². The molecule has 5 nitrogen and oxygen atoms in total. The van der Waals surface area contributed by atoms with Gasteiger partial charge in [0.2, 0.25) is 5.91 Å². The number of amides is 1. The van der Waals surface area contributed by atoms with Crippen molar-refractivity contribution in [2.75, 3.05) is 29.9 Å². The number of carbonyl (C=O) groups is 1. The molecule has 1 heterocycles. The molecule has 0 aliphatic carbocycles. The van der Waals surface area contributed by atoms with E-state index in [1.165, 1.54) is 12.1 Å². The molecule has 1 aromatic carbocycles. The predicted molar refractivity (Wildman–Crippen MR) is 97.6 cm³/mol. The van der Waals surface area contributed by atoms with Crippen molar-refractivity contribution < 1.29 is 13.2 Å². The molecule has 9 heteroatoms. The number of carbonyl (C=O) groups excluding carboxylic acids is 1. The van der Waals surface area contributed by atoms with E-state index in [-0.39, 0.29) is 52.3 Å². The summed E-state index contributed by atoms with van der Waals surface area (Å²) in [5.74, 6) is 2.18. The van der Waals surface area contributed by atoms with Gasteiger partial charge in [0.05, 0.1) is 40.3 Å². The van der Waals surface area contributed by atoms with E-state index in [2.05, 4.69) is 11.2 Å². The Morgan fingerprint density at radius 2 is 1.96 bits per heavy atom. The number of rotatable bonds is 5. The second-order valence-electron chi connectivity index (χ2n) is 5.46. The van der Waals surface area contributed by atoms with Crippen LogP contribution >= 0.6 is 34.8 Å². The summed E-state index contributed by atoms with van der Waals surface area (Å²) in [5, 5.41) is 3.40. The van der Waals surface area contributed by atoms with Crippen LogP contribution in [0.15, 0.2) is 12.1 Å². The zero-order valence-corrected chi connectivity index (χ0v) is 15.6. The molecule has 24 heavy (non-hydrogen) atoms. The average Bonchev–Trinajstić information content (AvgIpc) is 2.82. The molecule has 0 aromatic heterocycles. The third kappa shape index (κ3) is 5.01. The number of hydrogen-bond acceptors (Lipinski definition) is 4. The minimum atomic E-state index is -3.07. The molecule has 2 rings (SSSR count). The van der Waals surface area contributed by atoms with Crippen LogP contribution in [0.3, 0.4) is 0 Å². The third-order valence-corrected chi connectivity index (χ3v) is 6.20. The van der Waals surface area contributed by atoms with Gasteiger partial charge in [0, 0.05) is 11.1 Å². The fourth-order valence-electron chi connectivity index (χ4n) is 2.52. The first-order valence-electron chi connectivity index (χ1n) is 7.04. The second kappa shape index (κ2) is 7.94. The van der Waals surface area contributed by atoms with Crippen molar-refractivity contribution in [2.45, 2.75) is 12.5 Å². The van der Waals surface area contributed by atoms with E-state index in [0.29, 0.717) is 11.4 Å². The summed E-state index contributed by atoms with van der Waals surface area (Å²) in [4.78, 5) is 13.9. The minimum Gasteiger partial charge on any atom is -0.322 e. The van der Waals surface area contributed by atoms with Gasteiger partial charge < -0.3 is 5.32 Å². The van der Waals surface area contributed by atoms with Crippen LogP contribution in [0.2, 0.25) is 15.1 Å². The Labute approximate surface area is 156 Å². The Bertz CT molecular complexity index is 767. The molecule has 0 radical (unpaired) electrons. The summed E-state index contributed by atoms with van der Waals surface area (Å²) in [6.45, 7) is 0.120. The van der Waals surface area contributed by atoms with Gasteiger partial charge in [-0.05, 0) is 18.6 Å². The first kappa shape index (κ1) is 19.4. The van der Waals surface area contributed by atoms with Crippen LogP contribution in [0.1, 0.15) is 6.42 Å². The molecule has 0 saturated carbocycles. The van der Waals surface area contributed by atoms with Crippen molar-refractivity contribution in [3.8, 4) is 12.3 Å². The predicted octanol–water partition coefficient (Wildman–Crippen LogP) is 2.71. The van der Waals surface area contributed by atoms with Crippen molar-refractivity contribution in [1.82, 2.24) is 4.90 Å². The molecule has 0 bridgehead atoms. The largest absolute Gasteiger partial charge is 0.322 e. The van der Waals surface area contributed by atoms with E-state index in [9.17, 15) is 13.2 Å². The summed E-state index contributed by atoms with van der Waals surface area (Å²) in [5.41, 5.74) is 0.257. The highest BCUT2D eigenvalue weighted by Crippen LogP contribution is 2.33. The van der Waals surface area contributed by atoms with Crippen LogP contribution < -0.4 is 5.32 Å². The van der Waals surface area contributed by atoms with Crippen LogP contribution in [0.5, 0.6) is 0 Å². The number of nitrogens with zero attached hydrogens (tertiary/aromatic N) is 1. The molecule has 1 aliphatic rings. The molecule has 0 spiro atoms. The molecule has 1 saturated heterocycles. The van der Waals surface area contributed by atoms with Gasteiger partial charge in [-0.1, -0.05) is 40.7 Å². The molecule has 1 amide bonds. The van der Waals surface area contributed by atoms with Gasteiger partial charge in [0.15, 0.2) is 9.84 Å². The number of nitrogens with one attached hydrogen (secondary N) is 1. The maximum atomic E-state index is 12.3. The summed E-state index contributed by atoms with van der Waals surface area (Å²) in [6, 6.07) is 2.66.